The van der Waals surface area contributed by atoms with Crippen LogP contribution in [0.1, 0.15) is 0 Å². The number of pyridine rings is 1. The zero-order valence-electron chi connectivity index (χ0n) is 8.27. The van der Waals surface area contributed by atoms with E-state index in [1.165, 1.54) is 0 Å². The van der Waals surface area contributed by atoms with Crippen molar-refractivity contribution in [1.82, 2.24) is 4.98 Å². The van der Waals surface area contributed by atoms with Gasteiger partial charge in [-0.25, -0.2) is 4.98 Å². The normalized spacial score (nSPS) is 9.87. The molecule has 0 fully saturated rings. The Bertz CT molecular complexity index is 330. The van der Waals surface area contributed by atoms with Crippen molar-refractivity contribution in [2.75, 3.05) is 30.8 Å². The van der Waals surface area contributed by atoms with Gasteiger partial charge in [-0.1, -0.05) is 0 Å². The number of nitrogens with zero attached hydrogens (tertiary/aromatic N) is 1. The Kier molecular flexibility index (Phi) is 4.36. The van der Waals surface area contributed by atoms with Gasteiger partial charge in [-0.3, -0.25) is 4.79 Å². The molecule has 1 aromatic rings. The van der Waals surface area contributed by atoms with Crippen LogP contribution < -0.4 is 16.8 Å². The van der Waals surface area contributed by atoms with E-state index in [4.69, 9.17) is 16.2 Å². The predicted molar refractivity (Wildman–Crippen MR) is 57.2 cm³/mol. The largest absolute Gasteiger partial charge is 0.382 e. The van der Waals surface area contributed by atoms with Crippen LogP contribution in [0.3, 0.4) is 0 Å². The summed E-state index contributed by atoms with van der Waals surface area (Å²) in [6.07, 6.45) is 1.62. The smallest absolute Gasteiger partial charge is 0.243 e. The van der Waals surface area contributed by atoms with Gasteiger partial charge in [0.1, 0.15) is 12.4 Å². The molecule has 0 bridgehead atoms. The molecule has 0 saturated heterocycles. The molecule has 0 atom stereocenters. The van der Waals surface area contributed by atoms with Gasteiger partial charge in [0.05, 0.1) is 12.3 Å². The van der Waals surface area contributed by atoms with E-state index in [9.17, 15) is 4.79 Å². The Hall–Kier alpha value is -1.82. The number of aromatic nitrogens is 1. The molecule has 0 unspecified atom stereocenters. The lowest BCUT2D eigenvalue weighted by Gasteiger charge is -2.07. The molecule has 6 nitrogen and oxygen atoms in total. The Morgan fingerprint density at radius 2 is 2.40 bits per heavy atom. The number of ether oxygens (including phenoxy) is 1. The van der Waals surface area contributed by atoms with Gasteiger partial charge in [-0.05, 0) is 12.1 Å². The van der Waals surface area contributed by atoms with E-state index >= 15 is 0 Å². The van der Waals surface area contributed by atoms with Crippen molar-refractivity contribution in [2.45, 2.75) is 0 Å². The molecular formula is C9H14N4O2. The molecule has 15 heavy (non-hydrogen) atoms. The van der Waals surface area contributed by atoms with Crippen molar-refractivity contribution in [3.8, 4) is 0 Å². The van der Waals surface area contributed by atoms with Gasteiger partial charge in [-0.15, -0.1) is 0 Å². The molecule has 1 amide bonds. The molecule has 0 aliphatic rings. The predicted octanol–water partition coefficient (Wildman–Crippen LogP) is -0.422. The fraction of sp³-hybridized carbons (Fsp3) is 0.333. The second-order valence-corrected chi connectivity index (χ2v) is 2.88. The Morgan fingerprint density at radius 1 is 1.60 bits per heavy atom. The third-order valence-corrected chi connectivity index (χ3v) is 1.64. The van der Waals surface area contributed by atoms with Crippen LogP contribution in [0.25, 0.3) is 0 Å². The number of carbonyl (C=O) groups is 1. The first kappa shape index (κ1) is 11.3. The number of amides is 1. The van der Waals surface area contributed by atoms with Crippen molar-refractivity contribution in [2.24, 2.45) is 5.73 Å². The highest BCUT2D eigenvalue weighted by Crippen LogP contribution is 2.12. The van der Waals surface area contributed by atoms with Crippen molar-refractivity contribution < 1.29 is 9.53 Å². The number of hydrogen-bond donors (Lipinski definition) is 3. The SMILES string of the molecule is NC(=O)COCCNc1cccnc1N. The lowest BCUT2D eigenvalue weighted by molar-refractivity contribution is -0.122. The molecule has 0 radical (unpaired) electrons. The molecule has 5 N–H and O–H groups in total. The van der Waals surface area contributed by atoms with Crippen molar-refractivity contribution in [1.29, 1.82) is 0 Å². The summed E-state index contributed by atoms with van der Waals surface area (Å²) in [5.74, 6) is -0.0386. The van der Waals surface area contributed by atoms with E-state index in [2.05, 4.69) is 10.3 Å². The zero-order valence-corrected chi connectivity index (χ0v) is 8.27. The van der Waals surface area contributed by atoms with Gasteiger partial charge >= 0.3 is 0 Å². The first-order chi connectivity index (χ1) is 7.20. The maximum Gasteiger partial charge on any atom is 0.243 e. The molecule has 0 spiro atoms. The number of nitrogen functional groups attached to an aromatic ring is 1. The summed E-state index contributed by atoms with van der Waals surface area (Å²) in [6.45, 7) is 0.866. The molecular weight excluding hydrogens is 196 g/mol. The average Bonchev–Trinajstić information content (AvgIpc) is 2.20. The highest BCUT2D eigenvalue weighted by Gasteiger charge is 1.97. The standard InChI is InChI=1S/C9H14N4O2/c10-8(14)6-15-5-4-12-7-2-1-3-13-9(7)11/h1-3,12H,4-6H2,(H2,10,14)(H2,11,13). The van der Waals surface area contributed by atoms with E-state index in [0.717, 1.165) is 5.69 Å². The molecule has 0 saturated carbocycles. The fourth-order valence-electron chi connectivity index (χ4n) is 0.998. The monoisotopic (exact) mass is 210 g/mol. The van der Waals surface area contributed by atoms with Gasteiger partial charge in [0.15, 0.2) is 0 Å². The van der Waals surface area contributed by atoms with Crippen LogP contribution in [-0.4, -0.2) is 30.6 Å². The molecule has 1 aromatic heterocycles. The Morgan fingerprint density at radius 3 is 3.07 bits per heavy atom. The van der Waals surface area contributed by atoms with E-state index in [0.29, 0.717) is 19.0 Å². The second-order valence-electron chi connectivity index (χ2n) is 2.88. The summed E-state index contributed by atoms with van der Waals surface area (Å²) in [7, 11) is 0. The number of nitrogens with two attached hydrogens (primary N) is 2. The molecule has 0 aliphatic heterocycles. The lowest BCUT2D eigenvalue weighted by Crippen LogP contribution is -2.20. The lowest BCUT2D eigenvalue weighted by atomic mass is 10.4. The Labute approximate surface area is 87.6 Å². The fourth-order valence-corrected chi connectivity index (χ4v) is 0.998. The van der Waals surface area contributed by atoms with Gasteiger partial charge in [0.25, 0.3) is 0 Å². The second kappa shape index (κ2) is 5.82. The first-order valence-corrected chi connectivity index (χ1v) is 4.50. The summed E-state index contributed by atoms with van der Waals surface area (Å²) >= 11 is 0. The topological polar surface area (TPSA) is 103 Å². The zero-order chi connectivity index (χ0) is 11.1. The third kappa shape index (κ3) is 4.28. The first-order valence-electron chi connectivity index (χ1n) is 4.50. The average molecular weight is 210 g/mol. The van der Waals surface area contributed by atoms with E-state index in [-0.39, 0.29) is 6.61 Å². The molecule has 6 heteroatoms. The van der Waals surface area contributed by atoms with Crippen molar-refractivity contribution in [3.63, 3.8) is 0 Å². The Balaban J connectivity index is 2.21. The summed E-state index contributed by atoms with van der Waals surface area (Å²) < 4.78 is 4.96. The highest BCUT2D eigenvalue weighted by atomic mass is 16.5. The number of nitrogens with one attached hydrogen (secondary N) is 1. The molecule has 0 aromatic carbocycles. The number of primary amides is 1. The van der Waals surface area contributed by atoms with Gasteiger partial charge < -0.3 is 21.5 Å². The van der Waals surface area contributed by atoms with Crippen molar-refractivity contribution >= 4 is 17.4 Å². The number of anilines is 2. The summed E-state index contributed by atoms with van der Waals surface area (Å²) in [5.41, 5.74) is 11.2. The van der Waals surface area contributed by atoms with Crippen LogP contribution in [0.4, 0.5) is 11.5 Å². The van der Waals surface area contributed by atoms with Crippen LogP contribution in [0.15, 0.2) is 18.3 Å². The molecule has 0 aliphatic carbocycles. The van der Waals surface area contributed by atoms with Gasteiger partial charge in [0, 0.05) is 12.7 Å². The minimum absolute atomic E-state index is 0.0653. The van der Waals surface area contributed by atoms with E-state index < -0.39 is 5.91 Å². The highest BCUT2D eigenvalue weighted by molar-refractivity contribution is 5.74. The van der Waals surface area contributed by atoms with Crippen LogP contribution in [0.5, 0.6) is 0 Å². The van der Waals surface area contributed by atoms with E-state index in [1.807, 2.05) is 6.07 Å². The van der Waals surface area contributed by atoms with Crippen LogP contribution in [-0.2, 0) is 9.53 Å². The maximum atomic E-state index is 10.3. The number of carbonyl (C=O) groups excluding carboxylic acids is 1. The molecule has 82 valence electrons. The van der Waals surface area contributed by atoms with Gasteiger partial charge in [-0.2, -0.15) is 0 Å². The maximum absolute atomic E-state index is 10.3. The minimum atomic E-state index is -0.476. The molecule has 1 rings (SSSR count). The van der Waals surface area contributed by atoms with E-state index in [1.54, 1.807) is 12.3 Å². The summed E-state index contributed by atoms with van der Waals surface area (Å²) in [5, 5.41) is 3.02. The van der Waals surface area contributed by atoms with Crippen molar-refractivity contribution in [3.05, 3.63) is 18.3 Å². The quantitative estimate of drug-likeness (QED) is 0.553. The van der Waals surface area contributed by atoms with Crippen LogP contribution in [0.2, 0.25) is 0 Å². The third-order valence-electron chi connectivity index (χ3n) is 1.64. The summed E-state index contributed by atoms with van der Waals surface area (Å²) in [4.78, 5) is 14.2. The number of rotatable bonds is 6. The number of hydrogen-bond acceptors (Lipinski definition) is 5. The van der Waals surface area contributed by atoms with Crippen LogP contribution in [0, 0.1) is 0 Å². The van der Waals surface area contributed by atoms with Crippen LogP contribution >= 0.6 is 0 Å². The van der Waals surface area contributed by atoms with Gasteiger partial charge in [0.2, 0.25) is 5.91 Å². The summed E-state index contributed by atoms with van der Waals surface area (Å²) in [6, 6.07) is 3.60. The molecule has 1 heterocycles. The minimum Gasteiger partial charge on any atom is -0.382 e.